The summed E-state index contributed by atoms with van der Waals surface area (Å²) in [4.78, 5) is 16.9. The number of halogens is 1. The molecule has 0 aliphatic carbocycles. The first kappa shape index (κ1) is 19.7. The highest BCUT2D eigenvalue weighted by molar-refractivity contribution is 6.45. The van der Waals surface area contributed by atoms with Gasteiger partial charge >= 0.3 is 7.05 Å². The maximum Gasteiger partial charge on any atom is 0.376 e. The van der Waals surface area contributed by atoms with Gasteiger partial charge in [-0.15, -0.1) is 0 Å². The number of piperidine rings is 2. The molecular formula is C20H29BFN3O3. The molecule has 4 rings (SSSR count). The topological polar surface area (TPSA) is 79.0 Å². The van der Waals surface area contributed by atoms with Gasteiger partial charge in [0.25, 0.3) is 0 Å². The molecule has 2 fully saturated rings. The minimum Gasteiger partial charge on any atom is -0.487 e. The number of benzene rings is 1. The molecule has 1 aromatic carbocycles. The summed E-state index contributed by atoms with van der Waals surface area (Å²) in [5.41, 5.74) is 6.68. The van der Waals surface area contributed by atoms with Crippen LogP contribution in [0, 0.1) is 11.7 Å². The van der Waals surface area contributed by atoms with Gasteiger partial charge in [0.2, 0.25) is 5.91 Å². The predicted octanol–water partition coefficient (Wildman–Crippen LogP) is 1.79. The van der Waals surface area contributed by atoms with Crippen LogP contribution < -0.4 is 10.5 Å². The molecule has 3 N–H and O–H groups in total. The Morgan fingerprint density at radius 2 is 1.96 bits per heavy atom. The summed E-state index contributed by atoms with van der Waals surface area (Å²) in [6.07, 6.45) is 3.74. The van der Waals surface area contributed by atoms with E-state index >= 15 is 0 Å². The first-order chi connectivity index (χ1) is 13.4. The molecule has 3 aliphatic heterocycles. The molecule has 1 unspecified atom stereocenters. The zero-order valence-electron chi connectivity index (χ0n) is 16.4. The Labute approximate surface area is 165 Å². The molecule has 0 radical (unpaired) electrons. The molecule has 3 aliphatic rings. The van der Waals surface area contributed by atoms with E-state index in [-0.39, 0.29) is 29.3 Å². The van der Waals surface area contributed by atoms with Gasteiger partial charge in [-0.3, -0.25) is 4.79 Å². The highest BCUT2D eigenvalue weighted by Gasteiger charge is 2.44. The average molecular weight is 389 g/mol. The summed E-state index contributed by atoms with van der Waals surface area (Å²) < 4.78 is 19.8. The van der Waals surface area contributed by atoms with E-state index in [0.29, 0.717) is 25.3 Å². The zero-order valence-corrected chi connectivity index (χ0v) is 16.4. The van der Waals surface area contributed by atoms with Crippen LogP contribution in [0.4, 0.5) is 4.39 Å². The zero-order chi connectivity index (χ0) is 19.9. The van der Waals surface area contributed by atoms with Crippen LogP contribution in [0.25, 0.3) is 0 Å². The summed E-state index contributed by atoms with van der Waals surface area (Å²) in [5, 5.41) is 9.68. The van der Waals surface area contributed by atoms with Crippen LogP contribution in [0.15, 0.2) is 18.2 Å². The molecule has 28 heavy (non-hydrogen) atoms. The van der Waals surface area contributed by atoms with Crippen LogP contribution in [0.5, 0.6) is 5.75 Å². The number of fused-ring (bicyclic) bond motifs is 1. The van der Waals surface area contributed by atoms with E-state index in [2.05, 4.69) is 0 Å². The predicted molar refractivity (Wildman–Crippen MR) is 105 cm³/mol. The largest absolute Gasteiger partial charge is 0.487 e. The van der Waals surface area contributed by atoms with Gasteiger partial charge in [0.05, 0.1) is 0 Å². The van der Waals surface area contributed by atoms with Crippen molar-refractivity contribution >= 4 is 13.0 Å². The van der Waals surface area contributed by atoms with Crippen LogP contribution in [-0.4, -0.2) is 59.5 Å². The van der Waals surface area contributed by atoms with Crippen LogP contribution in [0.2, 0.25) is 6.82 Å². The highest BCUT2D eigenvalue weighted by Crippen LogP contribution is 2.43. The smallest absolute Gasteiger partial charge is 0.376 e. The van der Waals surface area contributed by atoms with Gasteiger partial charge in [0.1, 0.15) is 17.2 Å². The number of nitrogens with two attached hydrogens (primary N) is 1. The Bertz CT molecular complexity index is 731. The van der Waals surface area contributed by atoms with Crippen molar-refractivity contribution in [3.05, 3.63) is 29.6 Å². The molecule has 0 bridgehead atoms. The molecule has 2 saturated heterocycles. The van der Waals surface area contributed by atoms with E-state index in [1.54, 1.807) is 12.9 Å². The molecule has 1 atom stereocenters. The monoisotopic (exact) mass is 389 g/mol. The number of nitrogens with zero attached hydrogens (tertiary/aromatic N) is 2. The van der Waals surface area contributed by atoms with Crippen molar-refractivity contribution in [3.8, 4) is 5.75 Å². The van der Waals surface area contributed by atoms with Gasteiger partial charge in [-0.2, -0.15) is 0 Å². The number of carbonyl (C=O) groups excluding carboxylic acids is 1. The minimum atomic E-state index is -0.449. The average Bonchev–Trinajstić information content (AvgIpc) is 2.69. The summed E-state index contributed by atoms with van der Waals surface area (Å²) >= 11 is 0. The molecule has 0 aromatic heterocycles. The van der Waals surface area contributed by atoms with Gasteiger partial charge < -0.3 is 25.2 Å². The Morgan fingerprint density at radius 3 is 2.61 bits per heavy atom. The molecule has 3 heterocycles. The fraction of sp³-hybridized carbons (Fsp3) is 0.650. The van der Waals surface area contributed by atoms with Crippen molar-refractivity contribution in [1.29, 1.82) is 0 Å². The number of carbonyl (C=O) groups is 1. The number of hydrogen-bond donors (Lipinski definition) is 2. The van der Waals surface area contributed by atoms with Gasteiger partial charge in [-0.05, 0) is 51.0 Å². The van der Waals surface area contributed by atoms with Crippen molar-refractivity contribution in [2.24, 2.45) is 11.7 Å². The Hall–Kier alpha value is -1.64. The van der Waals surface area contributed by atoms with E-state index in [9.17, 15) is 14.2 Å². The van der Waals surface area contributed by atoms with Gasteiger partial charge in [-0.1, -0.05) is 0 Å². The van der Waals surface area contributed by atoms with E-state index in [1.807, 2.05) is 9.71 Å². The van der Waals surface area contributed by atoms with Crippen LogP contribution in [-0.2, 0) is 4.79 Å². The Balaban J connectivity index is 1.36. The van der Waals surface area contributed by atoms with Gasteiger partial charge in [0.15, 0.2) is 0 Å². The van der Waals surface area contributed by atoms with Crippen molar-refractivity contribution in [1.82, 2.24) is 9.71 Å². The summed E-state index contributed by atoms with van der Waals surface area (Å²) in [5.74, 6) is 0.645. The molecule has 152 valence electrons. The normalized spacial score (nSPS) is 25.3. The van der Waals surface area contributed by atoms with Gasteiger partial charge in [0, 0.05) is 49.9 Å². The highest BCUT2D eigenvalue weighted by atomic mass is 19.1. The van der Waals surface area contributed by atoms with Crippen molar-refractivity contribution in [2.75, 3.05) is 26.2 Å². The Kier molecular flexibility index (Phi) is 5.37. The maximum absolute atomic E-state index is 13.5. The standard InChI is InChI=1S/C20H29BFN3O3/c1-21(27)25-8-4-14(5-9-25)19(26)24-10-6-20(7-11-24)13-17(23)16-12-15(22)2-3-18(16)28-20/h2-3,12,14,17,27H,4-11,13,23H2,1H3. The lowest BCUT2D eigenvalue weighted by Gasteiger charge is -2.47. The Morgan fingerprint density at radius 1 is 1.29 bits per heavy atom. The number of amides is 1. The van der Waals surface area contributed by atoms with Crippen molar-refractivity contribution < 1.29 is 18.9 Å². The molecule has 1 spiro atoms. The lowest BCUT2D eigenvalue weighted by molar-refractivity contribution is -0.140. The first-order valence-electron chi connectivity index (χ1n) is 10.3. The summed E-state index contributed by atoms with van der Waals surface area (Å²) in [6.45, 7) is 4.62. The number of rotatable bonds is 2. The van der Waals surface area contributed by atoms with Crippen LogP contribution in [0.3, 0.4) is 0 Å². The summed E-state index contributed by atoms with van der Waals surface area (Å²) in [7, 11) is -0.449. The minimum absolute atomic E-state index is 0.0438. The van der Waals surface area contributed by atoms with Gasteiger partial charge in [-0.25, -0.2) is 4.39 Å². The lowest BCUT2D eigenvalue weighted by atomic mass is 9.79. The van der Waals surface area contributed by atoms with Crippen LogP contribution in [0.1, 0.15) is 43.7 Å². The summed E-state index contributed by atoms with van der Waals surface area (Å²) in [6, 6.07) is 4.29. The maximum atomic E-state index is 13.5. The second kappa shape index (κ2) is 7.65. The van der Waals surface area contributed by atoms with E-state index < -0.39 is 7.05 Å². The molecule has 0 saturated carbocycles. The second-order valence-electron chi connectivity index (χ2n) is 8.55. The van der Waals surface area contributed by atoms with E-state index in [0.717, 1.165) is 44.3 Å². The molecular weight excluding hydrogens is 360 g/mol. The van der Waals surface area contributed by atoms with Crippen molar-refractivity contribution in [2.45, 2.75) is 50.6 Å². The van der Waals surface area contributed by atoms with E-state index in [1.165, 1.54) is 12.1 Å². The van der Waals surface area contributed by atoms with Crippen LogP contribution >= 0.6 is 0 Å². The lowest BCUT2D eigenvalue weighted by Crippen LogP contribution is -2.54. The SMILES string of the molecule is CB(O)N1CCC(C(=O)N2CCC3(CC2)CC(N)c2cc(F)ccc2O3)CC1. The molecule has 8 heteroatoms. The number of hydrogen-bond acceptors (Lipinski definition) is 5. The number of likely N-dealkylation sites (tertiary alicyclic amines) is 1. The fourth-order valence-corrected chi connectivity index (χ4v) is 4.91. The quantitative estimate of drug-likeness (QED) is 0.755. The molecule has 1 aromatic rings. The van der Waals surface area contributed by atoms with Crippen molar-refractivity contribution in [3.63, 3.8) is 0 Å². The van der Waals surface area contributed by atoms with E-state index in [4.69, 9.17) is 10.5 Å². The molecule has 1 amide bonds. The third kappa shape index (κ3) is 3.77. The third-order valence-corrected chi connectivity index (χ3v) is 6.68. The second-order valence-corrected chi connectivity index (χ2v) is 8.55. The molecule has 6 nitrogen and oxygen atoms in total. The third-order valence-electron chi connectivity index (χ3n) is 6.68. The fourth-order valence-electron chi connectivity index (χ4n) is 4.91. The first-order valence-corrected chi connectivity index (χ1v) is 10.3. The number of ether oxygens (including phenoxy) is 1.